The van der Waals surface area contributed by atoms with Crippen LogP contribution in [0.3, 0.4) is 0 Å². The van der Waals surface area contributed by atoms with E-state index >= 15 is 0 Å². The van der Waals surface area contributed by atoms with Crippen molar-refractivity contribution in [2.24, 2.45) is 21.7 Å². The van der Waals surface area contributed by atoms with E-state index in [1.807, 2.05) is 0 Å². The number of rotatable bonds is 4. The Kier molecular flexibility index (Phi) is 7.17. The minimum absolute atomic E-state index is 0.117. The van der Waals surface area contributed by atoms with Gasteiger partial charge in [-0.05, 0) is 31.1 Å². The molecule has 0 bridgehead atoms. The third kappa shape index (κ3) is 5.87. The number of amides is 2. The number of halogens is 3. The number of hydrogen-bond donors (Lipinski definition) is 2. The third-order valence-corrected chi connectivity index (χ3v) is 6.02. The molecule has 12 heteroatoms. The average Bonchev–Trinajstić information content (AvgIpc) is 2.99. The number of fused-ring (bicyclic) bond motifs is 1. The summed E-state index contributed by atoms with van der Waals surface area (Å²) in [4.78, 5) is 37.7. The molecule has 0 saturated carbocycles. The van der Waals surface area contributed by atoms with E-state index in [2.05, 4.69) is 20.1 Å². The maximum absolute atomic E-state index is 13.4. The number of nitrogens with one attached hydrogen (secondary N) is 1. The van der Waals surface area contributed by atoms with Gasteiger partial charge in [-0.25, -0.2) is 0 Å². The van der Waals surface area contributed by atoms with E-state index in [4.69, 9.17) is 5.73 Å². The topological polar surface area (TPSA) is 120 Å². The molecule has 0 aliphatic carbocycles. The SMILES string of the molecule is NC(=O)c1cccncc(C2=NN(CC(F)(F)F)C3C=C(C(=O)N4CCCCCC4)N=CC23)[nH]c1. The fourth-order valence-electron chi connectivity index (χ4n) is 4.30. The Hall–Kier alpha value is -3.70. The van der Waals surface area contributed by atoms with Crippen LogP contribution in [0, 0.1) is 5.92 Å². The second-order valence-corrected chi connectivity index (χ2v) is 8.56. The quantitative estimate of drug-likeness (QED) is 0.675. The summed E-state index contributed by atoms with van der Waals surface area (Å²) in [5.41, 5.74) is 6.16. The van der Waals surface area contributed by atoms with Crippen molar-refractivity contribution < 1.29 is 22.8 Å². The number of carbonyl (C=O) groups is 2. The fraction of sp³-hybridized carbons (Fsp3) is 0.435. The molecule has 2 amide bonds. The van der Waals surface area contributed by atoms with Crippen LogP contribution in [-0.4, -0.2) is 75.5 Å². The van der Waals surface area contributed by atoms with Gasteiger partial charge < -0.3 is 15.6 Å². The summed E-state index contributed by atoms with van der Waals surface area (Å²) in [6.07, 6.45) is 6.42. The molecule has 3 N–H and O–H groups in total. The van der Waals surface area contributed by atoms with Crippen LogP contribution in [0.1, 0.15) is 41.7 Å². The highest BCUT2D eigenvalue weighted by atomic mass is 19.4. The summed E-state index contributed by atoms with van der Waals surface area (Å²) in [7, 11) is 0. The highest BCUT2D eigenvalue weighted by molar-refractivity contribution is 6.11. The van der Waals surface area contributed by atoms with E-state index < -0.39 is 30.6 Å². The van der Waals surface area contributed by atoms with E-state index in [-0.39, 0.29) is 28.6 Å². The zero-order valence-corrected chi connectivity index (χ0v) is 18.9. The second kappa shape index (κ2) is 10.3. The molecule has 3 aliphatic heterocycles. The molecule has 0 aromatic carbocycles. The van der Waals surface area contributed by atoms with Gasteiger partial charge in [-0.15, -0.1) is 0 Å². The zero-order chi connectivity index (χ0) is 25.0. The molecule has 4 rings (SSSR count). The van der Waals surface area contributed by atoms with Crippen molar-refractivity contribution in [3.05, 3.63) is 53.8 Å². The zero-order valence-electron chi connectivity index (χ0n) is 18.9. The molecule has 9 nitrogen and oxygen atoms in total. The minimum atomic E-state index is -4.51. The predicted octanol–water partition coefficient (Wildman–Crippen LogP) is 2.57. The van der Waals surface area contributed by atoms with Crippen LogP contribution in [-0.2, 0) is 4.79 Å². The standard InChI is InChI=1S/C23H26F3N7O2/c24-23(25,26)14-33-19-10-17(22(35)32-8-3-1-2-4-9-32)30-12-16(19)20(31-33)18-13-28-7-5-6-15(11-29-18)21(27)34/h5-7,10-13,16,19,29H,1-4,8-9,14H2,(H2,27,34). The first-order valence-electron chi connectivity index (χ1n) is 11.4. The van der Waals surface area contributed by atoms with Crippen LogP contribution < -0.4 is 5.73 Å². The number of carbonyl (C=O) groups excluding carboxylic acids is 2. The third-order valence-electron chi connectivity index (χ3n) is 6.02. The summed E-state index contributed by atoms with van der Waals surface area (Å²) in [6, 6.07) is 2.11. The van der Waals surface area contributed by atoms with Gasteiger partial charge in [-0.1, -0.05) is 12.8 Å². The normalized spacial score (nSPS) is 22.0. The number of H-pyrrole nitrogens is 1. The largest absolute Gasteiger partial charge is 0.407 e. The lowest BCUT2D eigenvalue weighted by molar-refractivity contribution is -0.148. The van der Waals surface area contributed by atoms with Crippen molar-refractivity contribution in [1.82, 2.24) is 19.9 Å². The van der Waals surface area contributed by atoms with Crippen molar-refractivity contribution >= 4 is 23.7 Å². The Labute approximate surface area is 199 Å². The Morgan fingerprint density at radius 1 is 1.17 bits per heavy atom. The molecule has 2 atom stereocenters. The number of hydrazone groups is 1. The predicted molar refractivity (Wildman–Crippen MR) is 123 cm³/mol. The van der Waals surface area contributed by atoms with Gasteiger partial charge in [0.2, 0.25) is 5.91 Å². The van der Waals surface area contributed by atoms with E-state index in [0.29, 0.717) is 13.1 Å². The van der Waals surface area contributed by atoms with E-state index in [9.17, 15) is 22.8 Å². The molecule has 0 spiro atoms. The molecule has 35 heavy (non-hydrogen) atoms. The lowest BCUT2D eigenvalue weighted by atomic mass is 9.92. The maximum atomic E-state index is 13.4. The molecular formula is C23H26F3N7O2. The minimum Gasteiger partial charge on any atom is -0.366 e. The van der Waals surface area contributed by atoms with Crippen molar-refractivity contribution in [3.8, 4) is 0 Å². The van der Waals surface area contributed by atoms with Gasteiger partial charge in [0.25, 0.3) is 5.91 Å². The summed E-state index contributed by atoms with van der Waals surface area (Å²) in [5.74, 6) is -1.63. The van der Waals surface area contributed by atoms with Crippen molar-refractivity contribution in [2.75, 3.05) is 19.6 Å². The molecule has 1 aromatic rings. The maximum Gasteiger partial charge on any atom is 0.407 e. The van der Waals surface area contributed by atoms with Gasteiger partial charge in [0.15, 0.2) is 0 Å². The first kappa shape index (κ1) is 24.4. The van der Waals surface area contributed by atoms with Crippen LogP contribution in [0.2, 0.25) is 0 Å². The van der Waals surface area contributed by atoms with E-state index in [0.717, 1.165) is 30.7 Å². The number of nitrogens with zero attached hydrogens (tertiary/aromatic N) is 5. The highest BCUT2D eigenvalue weighted by Gasteiger charge is 2.43. The molecule has 0 radical (unpaired) electrons. The molecule has 186 valence electrons. The molecule has 4 heterocycles. The number of aromatic nitrogens is 2. The van der Waals surface area contributed by atoms with Gasteiger partial charge in [-0.3, -0.25) is 24.6 Å². The Morgan fingerprint density at radius 3 is 2.60 bits per heavy atom. The fourth-order valence-corrected chi connectivity index (χ4v) is 4.30. The van der Waals surface area contributed by atoms with Gasteiger partial charge in [-0.2, -0.15) is 18.3 Å². The summed E-state index contributed by atoms with van der Waals surface area (Å²) in [5, 5.41) is 5.15. The smallest absolute Gasteiger partial charge is 0.366 e. The number of hydrogen-bond acceptors (Lipinski definition) is 6. The Morgan fingerprint density at radius 2 is 1.91 bits per heavy atom. The summed E-state index contributed by atoms with van der Waals surface area (Å²) in [6.45, 7) is -0.0932. The summed E-state index contributed by atoms with van der Waals surface area (Å²) >= 11 is 0. The van der Waals surface area contributed by atoms with Gasteiger partial charge >= 0.3 is 6.18 Å². The van der Waals surface area contributed by atoms with Crippen LogP contribution in [0.4, 0.5) is 13.2 Å². The van der Waals surface area contributed by atoms with Crippen molar-refractivity contribution in [3.63, 3.8) is 0 Å². The molecule has 2 unspecified atom stereocenters. The molecule has 1 aromatic heterocycles. The molecule has 1 fully saturated rings. The highest BCUT2D eigenvalue weighted by Crippen LogP contribution is 2.32. The van der Waals surface area contributed by atoms with E-state index in [1.165, 1.54) is 43.0 Å². The van der Waals surface area contributed by atoms with Crippen LogP contribution in [0.5, 0.6) is 0 Å². The number of nitrogens with two attached hydrogens (primary N) is 1. The lowest BCUT2D eigenvalue weighted by Gasteiger charge is -2.28. The molecule has 1 saturated heterocycles. The number of aliphatic imine (C=N–C) groups is 1. The monoisotopic (exact) mass is 489 g/mol. The first-order chi connectivity index (χ1) is 16.7. The number of primary amides is 1. The van der Waals surface area contributed by atoms with Gasteiger partial charge in [0.1, 0.15) is 12.2 Å². The molecule has 3 aliphatic rings. The number of aromatic amines is 1. The number of alkyl halides is 3. The van der Waals surface area contributed by atoms with Gasteiger partial charge in [0.05, 0.1) is 35.1 Å². The van der Waals surface area contributed by atoms with Crippen molar-refractivity contribution in [2.45, 2.75) is 37.9 Å². The first-order valence-corrected chi connectivity index (χ1v) is 11.4. The van der Waals surface area contributed by atoms with Crippen molar-refractivity contribution in [1.29, 1.82) is 0 Å². The second-order valence-electron chi connectivity index (χ2n) is 8.56. The van der Waals surface area contributed by atoms with E-state index in [1.54, 1.807) is 4.90 Å². The summed E-state index contributed by atoms with van der Waals surface area (Å²) < 4.78 is 40.1. The Balaban J connectivity index is 1.69. The Bertz CT molecular complexity index is 1120. The van der Waals surface area contributed by atoms with Crippen LogP contribution in [0.25, 0.3) is 0 Å². The average molecular weight is 490 g/mol. The van der Waals surface area contributed by atoms with Crippen LogP contribution in [0.15, 0.2) is 52.6 Å². The van der Waals surface area contributed by atoms with Crippen LogP contribution >= 0.6 is 0 Å². The molecular weight excluding hydrogens is 463 g/mol. The lowest BCUT2D eigenvalue weighted by Crippen LogP contribution is -2.41. The van der Waals surface area contributed by atoms with Gasteiger partial charge in [0, 0.05) is 31.7 Å². The number of likely N-dealkylation sites (tertiary alicyclic amines) is 1.